The summed E-state index contributed by atoms with van der Waals surface area (Å²) < 4.78 is 0. The number of H-pyrrole nitrogens is 1. The predicted molar refractivity (Wildman–Crippen MR) is 80.9 cm³/mol. The Morgan fingerprint density at radius 2 is 2.25 bits per heavy atom. The number of imidazole rings is 1. The predicted octanol–water partition coefficient (Wildman–Crippen LogP) is 2.13. The van der Waals surface area contributed by atoms with Crippen LogP contribution in [0, 0.1) is 0 Å². The van der Waals surface area contributed by atoms with Crippen molar-refractivity contribution in [3.63, 3.8) is 0 Å². The van der Waals surface area contributed by atoms with Gasteiger partial charge in [-0.2, -0.15) is 0 Å². The molecule has 3 aromatic rings. The van der Waals surface area contributed by atoms with Crippen molar-refractivity contribution in [2.45, 2.75) is 6.04 Å². The van der Waals surface area contributed by atoms with Crippen molar-refractivity contribution in [1.82, 2.24) is 24.8 Å². The number of nitrogens with zero attached hydrogens (tertiary/aromatic N) is 4. The van der Waals surface area contributed by atoms with E-state index in [1.807, 2.05) is 0 Å². The number of rotatable bonds is 5. The van der Waals surface area contributed by atoms with Crippen LogP contribution in [-0.2, 0) is 0 Å². The van der Waals surface area contributed by atoms with E-state index in [0.717, 1.165) is 17.9 Å². The Balaban J connectivity index is 1.79. The molecule has 0 aliphatic rings. The van der Waals surface area contributed by atoms with Crippen LogP contribution >= 0.6 is 11.3 Å². The van der Waals surface area contributed by atoms with Gasteiger partial charge in [0, 0.05) is 11.4 Å². The van der Waals surface area contributed by atoms with Crippen LogP contribution in [0.3, 0.4) is 0 Å². The monoisotopic (exact) mass is 288 g/mol. The molecule has 0 spiro atoms. The smallest absolute Gasteiger partial charge is 0.182 e. The number of likely N-dealkylation sites (N-methyl/N-ethyl adjacent to an activating group) is 1. The van der Waals surface area contributed by atoms with Gasteiger partial charge in [0.05, 0.1) is 12.4 Å². The highest BCUT2D eigenvalue weighted by Crippen LogP contribution is 2.24. The number of hydrogen-bond donors (Lipinski definition) is 2. The van der Waals surface area contributed by atoms with Crippen LogP contribution in [0.2, 0.25) is 0 Å². The zero-order valence-corrected chi connectivity index (χ0v) is 12.2. The van der Waals surface area contributed by atoms with Crippen LogP contribution in [0.25, 0.3) is 11.2 Å². The Morgan fingerprint density at radius 3 is 3.00 bits per heavy atom. The second-order valence-corrected chi connectivity index (χ2v) is 5.68. The van der Waals surface area contributed by atoms with E-state index in [-0.39, 0.29) is 0 Å². The molecule has 3 aromatic heterocycles. The van der Waals surface area contributed by atoms with Gasteiger partial charge in [-0.1, -0.05) is 6.07 Å². The van der Waals surface area contributed by atoms with Crippen LogP contribution < -0.4 is 5.32 Å². The van der Waals surface area contributed by atoms with Gasteiger partial charge in [0.25, 0.3) is 0 Å². The Morgan fingerprint density at radius 1 is 1.35 bits per heavy atom. The fraction of sp³-hybridized carbons (Fsp3) is 0.308. The molecule has 7 heteroatoms. The summed E-state index contributed by atoms with van der Waals surface area (Å²) in [6, 6.07) is 4.54. The van der Waals surface area contributed by atoms with E-state index in [1.54, 1.807) is 17.7 Å². The van der Waals surface area contributed by atoms with Crippen LogP contribution in [0.15, 0.2) is 30.2 Å². The van der Waals surface area contributed by atoms with Gasteiger partial charge < -0.3 is 15.2 Å². The maximum absolute atomic E-state index is 4.28. The average Bonchev–Trinajstić information content (AvgIpc) is 3.09. The fourth-order valence-corrected chi connectivity index (χ4v) is 3.03. The third-order valence-electron chi connectivity index (χ3n) is 3.18. The van der Waals surface area contributed by atoms with Crippen LogP contribution in [0.5, 0.6) is 0 Å². The Hall–Kier alpha value is -1.99. The maximum Gasteiger partial charge on any atom is 0.182 e. The fourth-order valence-electron chi connectivity index (χ4n) is 2.11. The molecule has 3 rings (SSSR count). The molecule has 0 bridgehead atoms. The normalized spacial score (nSPS) is 12.9. The van der Waals surface area contributed by atoms with Crippen molar-refractivity contribution in [2.75, 3.05) is 26.0 Å². The minimum absolute atomic E-state index is 0.308. The molecule has 0 fully saturated rings. The van der Waals surface area contributed by atoms with Gasteiger partial charge >= 0.3 is 0 Å². The largest absolute Gasteiger partial charge is 0.366 e. The Kier molecular flexibility index (Phi) is 3.62. The second-order valence-electron chi connectivity index (χ2n) is 4.70. The zero-order chi connectivity index (χ0) is 13.9. The van der Waals surface area contributed by atoms with E-state index in [2.05, 4.69) is 61.8 Å². The number of hydrogen-bond acceptors (Lipinski definition) is 6. The van der Waals surface area contributed by atoms with E-state index in [1.165, 1.54) is 11.2 Å². The molecule has 0 aromatic carbocycles. The zero-order valence-electron chi connectivity index (χ0n) is 11.4. The molecule has 0 aliphatic carbocycles. The number of thiophene rings is 1. The van der Waals surface area contributed by atoms with Gasteiger partial charge in [-0.25, -0.2) is 15.0 Å². The molecule has 0 aliphatic heterocycles. The average molecular weight is 288 g/mol. The Labute approximate surface area is 120 Å². The molecule has 1 atom stereocenters. The lowest BCUT2D eigenvalue weighted by molar-refractivity contribution is 0.316. The molecular weight excluding hydrogens is 272 g/mol. The lowest BCUT2D eigenvalue weighted by Crippen LogP contribution is -2.26. The maximum atomic E-state index is 4.28. The van der Waals surface area contributed by atoms with Crippen molar-refractivity contribution in [3.8, 4) is 0 Å². The second kappa shape index (κ2) is 5.56. The summed E-state index contributed by atoms with van der Waals surface area (Å²) in [5, 5.41) is 5.49. The first-order chi connectivity index (χ1) is 9.75. The molecule has 0 saturated carbocycles. The van der Waals surface area contributed by atoms with Crippen LogP contribution in [0.4, 0.5) is 5.82 Å². The van der Waals surface area contributed by atoms with Crippen molar-refractivity contribution >= 4 is 28.3 Å². The molecule has 3 heterocycles. The third kappa shape index (κ3) is 2.50. The van der Waals surface area contributed by atoms with Crippen molar-refractivity contribution in [1.29, 1.82) is 0 Å². The van der Waals surface area contributed by atoms with Gasteiger partial charge in [0.15, 0.2) is 11.5 Å². The summed E-state index contributed by atoms with van der Waals surface area (Å²) in [6.45, 7) is 0.776. The number of fused-ring (bicyclic) bond motifs is 1. The third-order valence-corrected chi connectivity index (χ3v) is 4.15. The molecular formula is C13H16N6S. The van der Waals surface area contributed by atoms with Crippen molar-refractivity contribution < 1.29 is 0 Å². The number of nitrogens with one attached hydrogen (secondary N) is 2. The first kappa shape index (κ1) is 13.0. The topological polar surface area (TPSA) is 69.7 Å². The van der Waals surface area contributed by atoms with Crippen LogP contribution in [-0.4, -0.2) is 45.5 Å². The quantitative estimate of drug-likeness (QED) is 0.752. The summed E-state index contributed by atoms with van der Waals surface area (Å²) in [4.78, 5) is 19.1. The number of aromatic amines is 1. The highest BCUT2D eigenvalue weighted by molar-refractivity contribution is 7.10. The highest BCUT2D eigenvalue weighted by Gasteiger charge is 2.16. The minimum Gasteiger partial charge on any atom is -0.366 e. The van der Waals surface area contributed by atoms with Crippen molar-refractivity contribution in [2.24, 2.45) is 0 Å². The van der Waals surface area contributed by atoms with Gasteiger partial charge in [-0.3, -0.25) is 0 Å². The summed E-state index contributed by atoms with van der Waals surface area (Å²) in [5.74, 6) is 0.788. The van der Waals surface area contributed by atoms with E-state index >= 15 is 0 Å². The highest BCUT2D eigenvalue weighted by atomic mass is 32.1. The SMILES string of the molecule is CN(C)[C@H](CNc1ncnc2nc[nH]c12)c1cccs1. The van der Waals surface area contributed by atoms with E-state index in [4.69, 9.17) is 0 Å². The Bertz CT molecular complexity index is 675. The molecule has 0 unspecified atom stereocenters. The van der Waals surface area contributed by atoms with Crippen LogP contribution in [0.1, 0.15) is 10.9 Å². The minimum atomic E-state index is 0.308. The number of aromatic nitrogens is 4. The van der Waals surface area contributed by atoms with E-state index in [9.17, 15) is 0 Å². The van der Waals surface area contributed by atoms with Crippen molar-refractivity contribution in [3.05, 3.63) is 35.0 Å². The molecule has 0 saturated heterocycles. The van der Waals surface area contributed by atoms with Gasteiger partial charge in [0.2, 0.25) is 0 Å². The molecule has 6 nitrogen and oxygen atoms in total. The molecule has 0 amide bonds. The molecule has 20 heavy (non-hydrogen) atoms. The first-order valence-electron chi connectivity index (χ1n) is 6.33. The standard InChI is InChI=1S/C13H16N6S/c1-19(2)9(10-4-3-5-20-10)6-14-12-11-13(16-7-15-11)18-8-17-12/h3-5,7-9H,6H2,1-2H3,(H2,14,15,16,17,18)/t9-/m1/s1. The summed E-state index contributed by atoms with van der Waals surface area (Å²) in [7, 11) is 4.16. The summed E-state index contributed by atoms with van der Waals surface area (Å²) in [6.07, 6.45) is 3.16. The summed E-state index contributed by atoms with van der Waals surface area (Å²) >= 11 is 1.77. The molecule has 2 N–H and O–H groups in total. The molecule has 104 valence electrons. The number of anilines is 1. The lowest BCUT2D eigenvalue weighted by atomic mass is 10.2. The van der Waals surface area contributed by atoms with E-state index < -0.39 is 0 Å². The van der Waals surface area contributed by atoms with Gasteiger partial charge in [-0.15, -0.1) is 11.3 Å². The van der Waals surface area contributed by atoms with E-state index in [0.29, 0.717) is 11.7 Å². The van der Waals surface area contributed by atoms with Gasteiger partial charge in [-0.05, 0) is 25.5 Å². The molecule has 0 radical (unpaired) electrons. The van der Waals surface area contributed by atoms with Gasteiger partial charge in [0.1, 0.15) is 11.8 Å². The lowest BCUT2D eigenvalue weighted by Gasteiger charge is -2.23. The first-order valence-corrected chi connectivity index (χ1v) is 7.21. The summed E-state index contributed by atoms with van der Waals surface area (Å²) in [5.41, 5.74) is 1.52.